The van der Waals surface area contributed by atoms with E-state index in [9.17, 15) is 0 Å². The van der Waals surface area contributed by atoms with Gasteiger partial charge in [0.15, 0.2) is 10.2 Å². The average Bonchev–Trinajstić information content (AvgIpc) is 2.78. The van der Waals surface area contributed by atoms with Crippen LogP contribution in [0.5, 0.6) is 0 Å². The van der Waals surface area contributed by atoms with Crippen molar-refractivity contribution in [2.24, 2.45) is 0 Å². The molecule has 0 bridgehead atoms. The minimum atomic E-state index is 0.441. The summed E-state index contributed by atoms with van der Waals surface area (Å²) in [5, 5.41) is 8.44. The molecule has 0 saturated carbocycles. The van der Waals surface area contributed by atoms with Crippen molar-refractivity contribution in [2.45, 2.75) is 13.8 Å². The quantitative estimate of drug-likeness (QED) is 0.531. The molecule has 1 aromatic heterocycles. The Kier molecular flexibility index (Phi) is 4.73. The summed E-state index contributed by atoms with van der Waals surface area (Å²) in [4.78, 5) is 4.56. The summed E-state index contributed by atoms with van der Waals surface area (Å²) in [6.07, 6.45) is 0. The molecule has 1 heterocycles. The van der Waals surface area contributed by atoms with E-state index in [0.29, 0.717) is 15.2 Å². The van der Waals surface area contributed by atoms with Gasteiger partial charge in [-0.1, -0.05) is 34.5 Å². The van der Waals surface area contributed by atoms with Crippen molar-refractivity contribution in [3.63, 3.8) is 0 Å². The van der Waals surface area contributed by atoms with E-state index in [2.05, 4.69) is 41.6 Å². The summed E-state index contributed by atoms with van der Waals surface area (Å²) in [7, 11) is 0. The summed E-state index contributed by atoms with van der Waals surface area (Å²) in [5.41, 5.74) is 4.17. The van der Waals surface area contributed by atoms with Crippen molar-refractivity contribution in [2.75, 3.05) is 10.6 Å². The number of hydrogen-bond acceptors (Lipinski definition) is 3. The van der Waals surface area contributed by atoms with Gasteiger partial charge in [0.1, 0.15) is 0 Å². The monoisotopic (exact) mass is 381 g/mol. The third kappa shape index (κ3) is 3.93. The van der Waals surface area contributed by atoms with Gasteiger partial charge in [0.25, 0.3) is 0 Å². The minimum absolute atomic E-state index is 0.441. The summed E-state index contributed by atoms with van der Waals surface area (Å²) in [5.74, 6) is 0. The standard InChI is InChI=1S/C16H13Cl2N3S2/c1-8-3-13-14(4-9(8)2)23-16(20-13)21-15(22)19-12-6-10(17)5-11(18)7-12/h3-7H,1-2H3,(H2,19,20,21,22). The Hall–Kier alpha value is -1.40. The molecule has 0 atom stereocenters. The number of anilines is 2. The Morgan fingerprint density at radius 2 is 1.65 bits per heavy atom. The van der Waals surface area contributed by atoms with E-state index < -0.39 is 0 Å². The summed E-state index contributed by atoms with van der Waals surface area (Å²) in [6.45, 7) is 4.17. The second-order valence-corrected chi connectivity index (χ2v) is 7.47. The largest absolute Gasteiger partial charge is 0.332 e. The third-order valence-corrected chi connectivity index (χ3v) is 4.92. The molecule has 0 aliphatic rings. The lowest BCUT2D eigenvalue weighted by Gasteiger charge is -2.09. The SMILES string of the molecule is Cc1cc2nc(NC(=S)Nc3cc(Cl)cc(Cl)c3)sc2cc1C. The van der Waals surface area contributed by atoms with Crippen molar-refractivity contribution in [3.8, 4) is 0 Å². The number of benzene rings is 2. The molecule has 0 aliphatic heterocycles. The Balaban J connectivity index is 1.77. The Labute approximate surface area is 153 Å². The predicted octanol–water partition coefficient (Wildman–Crippen LogP) is 6.03. The Morgan fingerprint density at radius 1 is 1.00 bits per heavy atom. The van der Waals surface area contributed by atoms with Crippen molar-refractivity contribution in [1.29, 1.82) is 0 Å². The van der Waals surface area contributed by atoms with Crippen molar-refractivity contribution in [1.82, 2.24) is 4.98 Å². The second-order valence-electron chi connectivity index (χ2n) is 5.16. The molecule has 0 unspecified atom stereocenters. The molecule has 118 valence electrons. The Bertz CT molecular complexity index is 846. The first-order valence-corrected chi connectivity index (χ1v) is 8.80. The molecule has 2 N–H and O–H groups in total. The highest BCUT2D eigenvalue weighted by Crippen LogP contribution is 2.28. The van der Waals surface area contributed by atoms with Gasteiger partial charge < -0.3 is 10.6 Å². The topological polar surface area (TPSA) is 37.0 Å². The first kappa shape index (κ1) is 16.5. The summed E-state index contributed by atoms with van der Waals surface area (Å²) < 4.78 is 1.13. The molecule has 2 aromatic carbocycles. The number of halogens is 2. The zero-order chi connectivity index (χ0) is 16.6. The molecule has 0 fully saturated rings. The van der Waals surface area contributed by atoms with Gasteiger partial charge in [-0.05, 0) is 67.5 Å². The van der Waals surface area contributed by atoms with Crippen molar-refractivity contribution >= 4 is 72.9 Å². The third-order valence-electron chi connectivity index (χ3n) is 3.34. The maximum absolute atomic E-state index is 5.98. The molecule has 0 amide bonds. The average molecular weight is 382 g/mol. The molecule has 3 nitrogen and oxygen atoms in total. The van der Waals surface area contributed by atoms with Gasteiger partial charge in [-0.25, -0.2) is 4.98 Å². The van der Waals surface area contributed by atoms with Crippen LogP contribution in [-0.4, -0.2) is 10.1 Å². The molecule has 7 heteroatoms. The Morgan fingerprint density at radius 3 is 2.35 bits per heavy atom. The first-order chi connectivity index (χ1) is 10.9. The molecule has 0 saturated heterocycles. The number of nitrogens with zero attached hydrogens (tertiary/aromatic N) is 1. The van der Waals surface area contributed by atoms with Gasteiger partial charge in [-0.15, -0.1) is 0 Å². The molecule has 3 rings (SSSR count). The number of aryl methyl sites for hydroxylation is 2. The minimum Gasteiger partial charge on any atom is -0.332 e. The first-order valence-electron chi connectivity index (χ1n) is 6.82. The maximum Gasteiger partial charge on any atom is 0.190 e. The molecule has 0 radical (unpaired) electrons. The predicted molar refractivity (Wildman–Crippen MR) is 105 cm³/mol. The van der Waals surface area contributed by atoms with Crippen molar-refractivity contribution in [3.05, 3.63) is 51.5 Å². The van der Waals surface area contributed by atoms with Gasteiger partial charge in [0.05, 0.1) is 10.2 Å². The zero-order valence-corrected chi connectivity index (χ0v) is 15.6. The fourth-order valence-electron chi connectivity index (χ4n) is 2.12. The number of aromatic nitrogens is 1. The highest BCUT2D eigenvalue weighted by Gasteiger charge is 2.08. The van der Waals surface area contributed by atoms with Crippen LogP contribution in [0.3, 0.4) is 0 Å². The molecule has 0 aliphatic carbocycles. The van der Waals surface area contributed by atoms with E-state index >= 15 is 0 Å². The normalized spacial score (nSPS) is 10.8. The lowest BCUT2D eigenvalue weighted by Crippen LogP contribution is -2.18. The van der Waals surface area contributed by atoms with E-state index in [4.69, 9.17) is 35.4 Å². The molecule has 3 aromatic rings. The van der Waals surface area contributed by atoms with E-state index in [0.717, 1.165) is 21.0 Å². The van der Waals surface area contributed by atoms with E-state index in [1.54, 1.807) is 29.5 Å². The van der Waals surface area contributed by atoms with E-state index in [-0.39, 0.29) is 0 Å². The lowest BCUT2D eigenvalue weighted by molar-refractivity contribution is 1.35. The number of thiocarbonyl (C=S) groups is 1. The van der Waals surface area contributed by atoms with Crippen LogP contribution in [-0.2, 0) is 0 Å². The van der Waals surface area contributed by atoms with Gasteiger partial charge in [-0.2, -0.15) is 0 Å². The number of fused-ring (bicyclic) bond motifs is 1. The molecule has 23 heavy (non-hydrogen) atoms. The molecule has 0 spiro atoms. The van der Waals surface area contributed by atoms with Crippen LogP contribution in [0.2, 0.25) is 10.0 Å². The number of hydrogen-bond donors (Lipinski definition) is 2. The maximum atomic E-state index is 5.98. The highest BCUT2D eigenvalue weighted by molar-refractivity contribution is 7.80. The fraction of sp³-hybridized carbons (Fsp3) is 0.125. The summed E-state index contributed by atoms with van der Waals surface area (Å²) >= 11 is 18.8. The van der Waals surface area contributed by atoms with E-state index in [1.165, 1.54) is 11.1 Å². The van der Waals surface area contributed by atoms with Crippen LogP contribution in [0.25, 0.3) is 10.2 Å². The van der Waals surface area contributed by atoms with Crippen molar-refractivity contribution < 1.29 is 0 Å². The van der Waals surface area contributed by atoms with Gasteiger partial charge in [-0.3, -0.25) is 0 Å². The van der Waals surface area contributed by atoms with Crippen LogP contribution in [0.1, 0.15) is 11.1 Å². The van der Waals surface area contributed by atoms with Crippen LogP contribution in [0, 0.1) is 13.8 Å². The highest BCUT2D eigenvalue weighted by atomic mass is 35.5. The van der Waals surface area contributed by atoms with Crippen LogP contribution in [0.4, 0.5) is 10.8 Å². The van der Waals surface area contributed by atoms with Gasteiger partial charge >= 0.3 is 0 Å². The summed E-state index contributed by atoms with van der Waals surface area (Å²) in [6, 6.07) is 9.41. The fourth-order valence-corrected chi connectivity index (χ4v) is 3.87. The molecular formula is C16H13Cl2N3S2. The molecular weight excluding hydrogens is 369 g/mol. The second kappa shape index (κ2) is 6.61. The van der Waals surface area contributed by atoms with E-state index in [1.807, 2.05) is 0 Å². The van der Waals surface area contributed by atoms with Crippen LogP contribution in [0.15, 0.2) is 30.3 Å². The number of thiazole rings is 1. The lowest BCUT2D eigenvalue weighted by atomic mass is 10.1. The zero-order valence-electron chi connectivity index (χ0n) is 12.4. The number of rotatable bonds is 2. The van der Waals surface area contributed by atoms with Gasteiger partial charge in [0, 0.05) is 15.7 Å². The number of nitrogens with one attached hydrogen (secondary N) is 2. The van der Waals surface area contributed by atoms with Crippen LogP contribution >= 0.6 is 46.8 Å². The van der Waals surface area contributed by atoms with Gasteiger partial charge in [0.2, 0.25) is 0 Å². The van der Waals surface area contributed by atoms with Crippen LogP contribution < -0.4 is 10.6 Å². The smallest absolute Gasteiger partial charge is 0.190 e.